The van der Waals surface area contributed by atoms with E-state index < -0.39 is 22.0 Å². The summed E-state index contributed by atoms with van der Waals surface area (Å²) in [4.78, 5) is 13.4. The van der Waals surface area contributed by atoms with Crippen molar-refractivity contribution < 1.29 is 27.4 Å². The third-order valence-electron chi connectivity index (χ3n) is 6.14. The number of amides is 1. The molecule has 0 spiro atoms. The lowest BCUT2D eigenvalue weighted by Gasteiger charge is -2.36. The number of nitrogens with zero attached hydrogens (tertiary/aromatic N) is 1. The summed E-state index contributed by atoms with van der Waals surface area (Å²) in [7, 11) is -0.898. The average Bonchev–Trinajstić information content (AvgIpc) is 2.87. The molecule has 1 heterocycles. The van der Waals surface area contributed by atoms with Crippen LogP contribution in [0.4, 0.5) is 11.4 Å². The smallest absolute Gasteiger partial charge is 0.267 e. The summed E-state index contributed by atoms with van der Waals surface area (Å²) >= 11 is 0. The fraction of sp³-hybridized carbons (Fsp3) is 0.321. The highest BCUT2D eigenvalue weighted by Crippen LogP contribution is 2.40. The maximum atomic E-state index is 13.8. The predicted octanol–water partition coefficient (Wildman–Crippen LogP) is 4.73. The number of ether oxygens (including phenoxy) is 3. The Bertz CT molecular complexity index is 1380. The van der Waals surface area contributed by atoms with E-state index in [1.165, 1.54) is 23.5 Å². The van der Waals surface area contributed by atoms with Gasteiger partial charge in [-0.25, -0.2) is 8.42 Å². The molecule has 37 heavy (non-hydrogen) atoms. The van der Waals surface area contributed by atoms with E-state index in [4.69, 9.17) is 14.2 Å². The number of hydrogen-bond acceptors (Lipinski definition) is 6. The predicted molar refractivity (Wildman–Crippen MR) is 143 cm³/mol. The maximum Gasteiger partial charge on any atom is 0.267 e. The van der Waals surface area contributed by atoms with Gasteiger partial charge < -0.3 is 19.5 Å². The molecule has 0 saturated carbocycles. The first kappa shape index (κ1) is 26.5. The lowest BCUT2D eigenvalue weighted by molar-refractivity contribution is -0.122. The standard InChI is InChI=1S/C28H32N2O6S/c1-28(2,3)20-9-14-25-24(16-20)30(37(32,33)23-12-10-22(35-5)11-13-23)17-26(36-25)27(31)29-21-8-6-7-19(15-21)18-34-4/h6-16,26H,17-18H2,1-5H3,(H,29,31). The summed E-state index contributed by atoms with van der Waals surface area (Å²) in [5.74, 6) is 0.420. The van der Waals surface area contributed by atoms with Gasteiger partial charge in [0.1, 0.15) is 11.5 Å². The zero-order valence-corrected chi connectivity index (χ0v) is 22.5. The van der Waals surface area contributed by atoms with E-state index in [-0.39, 0.29) is 16.9 Å². The van der Waals surface area contributed by atoms with E-state index in [9.17, 15) is 13.2 Å². The van der Waals surface area contributed by atoms with Crippen LogP contribution in [0, 0.1) is 0 Å². The van der Waals surface area contributed by atoms with Gasteiger partial charge in [-0.15, -0.1) is 0 Å². The molecule has 0 fully saturated rings. The van der Waals surface area contributed by atoms with Crippen molar-refractivity contribution in [1.29, 1.82) is 0 Å². The molecule has 3 aromatic carbocycles. The summed E-state index contributed by atoms with van der Waals surface area (Å²) in [5.41, 5.74) is 2.60. The third kappa shape index (κ3) is 5.73. The molecule has 196 valence electrons. The van der Waals surface area contributed by atoms with Crippen LogP contribution in [0.3, 0.4) is 0 Å². The van der Waals surface area contributed by atoms with Crippen LogP contribution in [0.1, 0.15) is 31.9 Å². The number of hydrogen-bond donors (Lipinski definition) is 1. The number of rotatable bonds is 7. The lowest BCUT2D eigenvalue weighted by atomic mass is 9.86. The van der Waals surface area contributed by atoms with E-state index >= 15 is 0 Å². The quantitative estimate of drug-likeness (QED) is 0.480. The van der Waals surface area contributed by atoms with Gasteiger partial charge in [0.05, 0.1) is 30.8 Å². The topological polar surface area (TPSA) is 94.2 Å². The van der Waals surface area contributed by atoms with Crippen molar-refractivity contribution in [3.63, 3.8) is 0 Å². The van der Waals surface area contributed by atoms with Crippen molar-refractivity contribution in [2.24, 2.45) is 0 Å². The Hall–Kier alpha value is -3.56. The van der Waals surface area contributed by atoms with E-state index in [0.29, 0.717) is 29.5 Å². The summed E-state index contributed by atoms with van der Waals surface area (Å²) in [6, 6.07) is 18.9. The molecule has 0 aromatic heterocycles. The molecule has 1 N–H and O–H groups in total. The molecule has 4 rings (SSSR count). The van der Waals surface area contributed by atoms with Crippen LogP contribution < -0.4 is 19.1 Å². The van der Waals surface area contributed by atoms with Gasteiger partial charge in [0.15, 0.2) is 6.10 Å². The van der Waals surface area contributed by atoms with E-state index in [1.54, 1.807) is 37.4 Å². The number of benzene rings is 3. The largest absolute Gasteiger partial charge is 0.497 e. The van der Waals surface area contributed by atoms with Gasteiger partial charge in [0.25, 0.3) is 15.9 Å². The molecule has 1 aliphatic rings. The summed E-state index contributed by atoms with van der Waals surface area (Å²) in [5, 5.41) is 2.85. The molecule has 0 saturated heterocycles. The molecule has 1 aliphatic heterocycles. The van der Waals surface area contributed by atoms with Crippen molar-refractivity contribution in [2.45, 2.75) is 43.8 Å². The minimum atomic E-state index is -4.01. The molecule has 1 unspecified atom stereocenters. The summed E-state index contributed by atoms with van der Waals surface area (Å²) in [6.45, 7) is 6.37. The Balaban J connectivity index is 1.71. The molecule has 0 aliphatic carbocycles. The highest BCUT2D eigenvalue weighted by molar-refractivity contribution is 7.92. The van der Waals surface area contributed by atoms with Crippen LogP contribution in [0.15, 0.2) is 71.6 Å². The highest BCUT2D eigenvalue weighted by Gasteiger charge is 2.38. The zero-order chi connectivity index (χ0) is 26.8. The van der Waals surface area contributed by atoms with Crippen LogP contribution in [-0.4, -0.2) is 41.2 Å². The Labute approximate surface area is 218 Å². The Morgan fingerprint density at radius 1 is 1.05 bits per heavy atom. The molecule has 1 atom stereocenters. The second-order valence-corrected chi connectivity index (χ2v) is 11.7. The first-order valence-electron chi connectivity index (χ1n) is 11.9. The van der Waals surface area contributed by atoms with Crippen molar-refractivity contribution >= 4 is 27.3 Å². The van der Waals surface area contributed by atoms with E-state index in [2.05, 4.69) is 26.1 Å². The van der Waals surface area contributed by atoms with Gasteiger partial charge in [0.2, 0.25) is 0 Å². The monoisotopic (exact) mass is 524 g/mol. The zero-order valence-electron chi connectivity index (χ0n) is 21.6. The van der Waals surface area contributed by atoms with Crippen molar-refractivity contribution in [2.75, 3.05) is 30.4 Å². The first-order chi connectivity index (χ1) is 17.5. The SMILES string of the molecule is COCc1cccc(NC(=O)C2CN(S(=O)(=O)c3ccc(OC)cc3)c3cc(C(C)(C)C)ccc3O2)c1. The summed E-state index contributed by atoms with van der Waals surface area (Å²) in [6.07, 6.45) is -1.06. The van der Waals surface area contributed by atoms with Crippen LogP contribution in [0.25, 0.3) is 0 Å². The second-order valence-electron chi connectivity index (χ2n) is 9.87. The Kier molecular flexibility index (Phi) is 7.47. The highest BCUT2D eigenvalue weighted by atomic mass is 32.2. The minimum Gasteiger partial charge on any atom is -0.497 e. The number of sulfonamides is 1. The molecule has 9 heteroatoms. The van der Waals surface area contributed by atoms with Crippen LogP contribution in [0.5, 0.6) is 11.5 Å². The van der Waals surface area contributed by atoms with Gasteiger partial charge in [-0.2, -0.15) is 0 Å². The molecular weight excluding hydrogens is 492 g/mol. The van der Waals surface area contributed by atoms with Gasteiger partial charge >= 0.3 is 0 Å². The number of carbonyl (C=O) groups is 1. The van der Waals surface area contributed by atoms with Crippen molar-refractivity contribution in [3.8, 4) is 11.5 Å². The Morgan fingerprint density at radius 2 is 1.78 bits per heavy atom. The first-order valence-corrected chi connectivity index (χ1v) is 13.3. The van der Waals surface area contributed by atoms with Crippen molar-refractivity contribution in [1.82, 2.24) is 0 Å². The lowest BCUT2D eigenvalue weighted by Crippen LogP contribution is -2.49. The van der Waals surface area contributed by atoms with Gasteiger partial charge in [0, 0.05) is 12.8 Å². The number of anilines is 2. The molecule has 1 amide bonds. The van der Waals surface area contributed by atoms with Gasteiger partial charge in [-0.1, -0.05) is 39.0 Å². The average molecular weight is 525 g/mol. The van der Waals surface area contributed by atoms with Gasteiger partial charge in [-0.3, -0.25) is 9.10 Å². The second kappa shape index (κ2) is 10.4. The normalized spacial score (nSPS) is 15.5. The number of nitrogens with one attached hydrogen (secondary N) is 1. The van der Waals surface area contributed by atoms with E-state index in [0.717, 1.165) is 11.1 Å². The molecule has 3 aromatic rings. The third-order valence-corrected chi connectivity index (χ3v) is 7.93. The maximum absolute atomic E-state index is 13.8. The van der Waals surface area contributed by atoms with Crippen LogP contribution in [-0.2, 0) is 31.6 Å². The molecule has 8 nitrogen and oxygen atoms in total. The van der Waals surface area contributed by atoms with Gasteiger partial charge in [-0.05, 0) is 65.1 Å². The molecular formula is C28H32N2O6S. The number of fused-ring (bicyclic) bond motifs is 1. The summed E-state index contributed by atoms with van der Waals surface area (Å²) < 4.78 is 45.3. The molecule has 0 radical (unpaired) electrons. The van der Waals surface area contributed by atoms with Crippen molar-refractivity contribution in [3.05, 3.63) is 77.9 Å². The number of methoxy groups -OCH3 is 2. The number of carbonyl (C=O) groups excluding carboxylic acids is 1. The van der Waals surface area contributed by atoms with E-state index in [1.807, 2.05) is 24.3 Å². The fourth-order valence-corrected chi connectivity index (χ4v) is 5.55. The van der Waals surface area contributed by atoms with Crippen LogP contribution in [0.2, 0.25) is 0 Å². The van der Waals surface area contributed by atoms with Crippen LogP contribution >= 0.6 is 0 Å². The fourth-order valence-electron chi connectivity index (χ4n) is 4.09. The minimum absolute atomic E-state index is 0.0914. The Morgan fingerprint density at radius 3 is 2.43 bits per heavy atom. The molecule has 0 bridgehead atoms.